The number of aryl methyl sites for hydroxylation is 2. The van der Waals surface area contributed by atoms with Gasteiger partial charge in [-0.2, -0.15) is 0 Å². The number of carboxylic acid groups (broad SMARTS) is 1. The van der Waals surface area contributed by atoms with Gasteiger partial charge < -0.3 is 14.6 Å². The molecule has 0 spiro atoms. The number of likely N-dealkylation sites (tertiary alicyclic amines) is 1. The van der Waals surface area contributed by atoms with Crippen molar-refractivity contribution in [3.63, 3.8) is 0 Å². The molecular formula is C15H22N2O3. The fraction of sp³-hybridized carbons (Fsp3) is 0.600. The Morgan fingerprint density at radius 1 is 1.20 bits per heavy atom. The molecule has 2 rings (SSSR count). The summed E-state index contributed by atoms with van der Waals surface area (Å²) in [6.07, 6.45) is 6.38. The van der Waals surface area contributed by atoms with E-state index in [2.05, 4.69) is 0 Å². The van der Waals surface area contributed by atoms with Crippen LogP contribution in [0.4, 0.5) is 0 Å². The normalized spacial score (nSPS) is 16.0. The van der Waals surface area contributed by atoms with Crippen LogP contribution in [0.15, 0.2) is 6.20 Å². The third-order valence-electron chi connectivity index (χ3n) is 3.99. The molecule has 0 bridgehead atoms. The average Bonchev–Trinajstić information content (AvgIpc) is 2.60. The lowest BCUT2D eigenvalue weighted by atomic mass is 10.1. The first-order valence-corrected chi connectivity index (χ1v) is 7.16. The van der Waals surface area contributed by atoms with Crippen LogP contribution in [0, 0.1) is 6.92 Å². The highest BCUT2D eigenvalue weighted by atomic mass is 16.4. The van der Waals surface area contributed by atoms with Gasteiger partial charge in [0.05, 0.1) is 12.0 Å². The SMILES string of the molecule is Cc1cn(C)c(CC(=O)N2CCCCCC2)c1C(=O)O. The third-order valence-corrected chi connectivity index (χ3v) is 3.99. The maximum Gasteiger partial charge on any atom is 0.337 e. The predicted molar refractivity (Wildman–Crippen MR) is 75.9 cm³/mol. The van der Waals surface area contributed by atoms with Gasteiger partial charge in [-0.25, -0.2) is 4.79 Å². The Bertz CT molecular complexity index is 511. The van der Waals surface area contributed by atoms with Gasteiger partial charge in [-0.05, 0) is 25.3 Å². The second kappa shape index (κ2) is 6.11. The van der Waals surface area contributed by atoms with Gasteiger partial charge in [0.2, 0.25) is 5.91 Å². The minimum atomic E-state index is -0.957. The van der Waals surface area contributed by atoms with E-state index in [1.54, 1.807) is 24.7 Å². The number of amides is 1. The Balaban J connectivity index is 2.16. The summed E-state index contributed by atoms with van der Waals surface area (Å²) in [5.74, 6) is -0.919. The monoisotopic (exact) mass is 278 g/mol. The summed E-state index contributed by atoms with van der Waals surface area (Å²) in [5, 5.41) is 9.29. The van der Waals surface area contributed by atoms with Crippen LogP contribution in [0.3, 0.4) is 0 Å². The minimum Gasteiger partial charge on any atom is -0.478 e. The van der Waals surface area contributed by atoms with Crippen LogP contribution in [0.2, 0.25) is 0 Å². The van der Waals surface area contributed by atoms with E-state index in [9.17, 15) is 14.7 Å². The third kappa shape index (κ3) is 3.03. The highest BCUT2D eigenvalue weighted by Gasteiger charge is 2.23. The molecule has 1 aromatic rings. The Kier molecular flexibility index (Phi) is 4.47. The number of carbonyl (C=O) groups excluding carboxylic acids is 1. The van der Waals surface area contributed by atoms with Gasteiger partial charge in [0.15, 0.2) is 0 Å². The minimum absolute atomic E-state index is 0.0376. The number of aromatic carboxylic acids is 1. The second-order valence-electron chi connectivity index (χ2n) is 5.52. The zero-order valence-corrected chi connectivity index (χ0v) is 12.2. The predicted octanol–water partition coefficient (Wildman–Crippen LogP) is 1.98. The molecule has 110 valence electrons. The molecule has 2 heterocycles. The summed E-state index contributed by atoms with van der Waals surface area (Å²) in [7, 11) is 1.80. The van der Waals surface area contributed by atoms with E-state index in [0.717, 1.165) is 25.9 Å². The molecule has 1 aliphatic heterocycles. The first-order chi connectivity index (χ1) is 9.50. The number of nitrogens with zero attached hydrogens (tertiary/aromatic N) is 2. The second-order valence-corrected chi connectivity index (χ2v) is 5.52. The first-order valence-electron chi connectivity index (χ1n) is 7.16. The van der Waals surface area contributed by atoms with Crippen LogP contribution in [0.1, 0.15) is 47.3 Å². The molecular weight excluding hydrogens is 256 g/mol. The highest BCUT2D eigenvalue weighted by molar-refractivity contribution is 5.93. The van der Waals surface area contributed by atoms with Gasteiger partial charge in [0.1, 0.15) is 0 Å². The van der Waals surface area contributed by atoms with Crippen molar-refractivity contribution in [2.45, 2.75) is 39.0 Å². The molecule has 5 heteroatoms. The lowest BCUT2D eigenvalue weighted by Crippen LogP contribution is -2.33. The van der Waals surface area contributed by atoms with E-state index in [4.69, 9.17) is 0 Å². The van der Waals surface area contributed by atoms with E-state index in [1.165, 1.54) is 12.8 Å². The van der Waals surface area contributed by atoms with Gasteiger partial charge in [-0.15, -0.1) is 0 Å². The Morgan fingerprint density at radius 3 is 2.35 bits per heavy atom. The number of carbonyl (C=O) groups is 2. The van der Waals surface area contributed by atoms with Crippen LogP contribution in [0.25, 0.3) is 0 Å². The molecule has 0 unspecified atom stereocenters. The summed E-state index contributed by atoms with van der Waals surface area (Å²) < 4.78 is 1.76. The van der Waals surface area contributed by atoms with Crippen LogP contribution < -0.4 is 0 Å². The standard InChI is InChI=1S/C15H22N2O3/c1-11-10-16(2)12(14(11)15(19)20)9-13(18)17-7-5-3-4-6-8-17/h10H,3-9H2,1-2H3,(H,19,20). The number of hydrogen-bond acceptors (Lipinski definition) is 2. The summed E-state index contributed by atoms with van der Waals surface area (Å²) in [6.45, 7) is 3.36. The summed E-state index contributed by atoms with van der Waals surface area (Å²) in [6, 6.07) is 0. The highest BCUT2D eigenvalue weighted by Crippen LogP contribution is 2.18. The summed E-state index contributed by atoms with van der Waals surface area (Å²) in [4.78, 5) is 25.6. The fourth-order valence-electron chi connectivity index (χ4n) is 2.92. The molecule has 1 amide bonds. The smallest absolute Gasteiger partial charge is 0.337 e. The summed E-state index contributed by atoms with van der Waals surface area (Å²) in [5.41, 5.74) is 1.58. The van der Waals surface area contributed by atoms with E-state index in [0.29, 0.717) is 11.3 Å². The van der Waals surface area contributed by atoms with E-state index >= 15 is 0 Å². The van der Waals surface area contributed by atoms with Gasteiger partial charge in [0, 0.05) is 32.0 Å². The molecule has 20 heavy (non-hydrogen) atoms. The number of rotatable bonds is 3. The van der Waals surface area contributed by atoms with Crippen molar-refractivity contribution in [3.05, 3.63) is 23.0 Å². The van der Waals surface area contributed by atoms with Crippen molar-refractivity contribution in [1.82, 2.24) is 9.47 Å². The van der Waals surface area contributed by atoms with E-state index in [-0.39, 0.29) is 17.9 Å². The Morgan fingerprint density at radius 2 is 1.80 bits per heavy atom. The van der Waals surface area contributed by atoms with Gasteiger partial charge in [0.25, 0.3) is 0 Å². The van der Waals surface area contributed by atoms with Crippen molar-refractivity contribution in [3.8, 4) is 0 Å². The maximum absolute atomic E-state index is 12.4. The van der Waals surface area contributed by atoms with Crippen LogP contribution in [0.5, 0.6) is 0 Å². The first kappa shape index (κ1) is 14.6. The average molecular weight is 278 g/mol. The Hall–Kier alpha value is -1.78. The van der Waals surface area contributed by atoms with Crippen LogP contribution in [-0.2, 0) is 18.3 Å². The molecule has 0 aromatic carbocycles. The molecule has 1 N–H and O–H groups in total. The van der Waals surface area contributed by atoms with Gasteiger partial charge >= 0.3 is 5.97 Å². The lowest BCUT2D eigenvalue weighted by Gasteiger charge is -2.20. The zero-order valence-electron chi connectivity index (χ0n) is 12.2. The molecule has 1 aromatic heterocycles. The van der Waals surface area contributed by atoms with E-state index in [1.807, 2.05) is 4.90 Å². The quantitative estimate of drug-likeness (QED) is 0.919. The molecule has 1 fully saturated rings. The van der Waals surface area contributed by atoms with Crippen molar-refractivity contribution in [2.24, 2.45) is 7.05 Å². The van der Waals surface area contributed by atoms with Crippen molar-refractivity contribution in [1.29, 1.82) is 0 Å². The van der Waals surface area contributed by atoms with Crippen LogP contribution >= 0.6 is 0 Å². The molecule has 0 saturated carbocycles. The van der Waals surface area contributed by atoms with Crippen molar-refractivity contribution < 1.29 is 14.7 Å². The number of aromatic nitrogens is 1. The molecule has 0 aliphatic carbocycles. The van der Waals surface area contributed by atoms with E-state index < -0.39 is 5.97 Å². The fourth-order valence-corrected chi connectivity index (χ4v) is 2.92. The number of hydrogen-bond donors (Lipinski definition) is 1. The molecule has 0 radical (unpaired) electrons. The molecule has 1 aliphatic rings. The lowest BCUT2D eigenvalue weighted by molar-refractivity contribution is -0.130. The summed E-state index contributed by atoms with van der Waals surface area (Å²) >= 11 is 0. The molecule has 5 nitrogen and oxygen atoms in total. The molecule has 1 saturated heterocycles. The number of carboxylic acids is 1. The topological polar surface area (TPSA) is 62.5 Å². The van der Waals surface area contributed by atoms with Gasteiger partial charge in [-0.3, -0.25) is 4.79 Å². The van der Waals surface area contributed by atoms with Crippen molar-refractivity contribution in [2.75, 3.05) is 13.1 Å². The van der Waals surface area contributed by atoms with Crippen LogP contribution in [-0.4, -0.2) is 39.5 Å². The Labute approximate surface area is 119 Å². The zero-order chi connectivity index (χ0) is 14.7. The maximum atomic E-state index is 12.4. The largest absolute Gasteiger partial charge is 0.478 e. The van der Waals surface area contributed by atoms with Gasteiger partial charge in [-0.1, -0.05) is 12.8 Å². The molecule has 0 atom stereocenters. The van der Waals surface area contributed by atoms with Crippen molar-refractivity contribution >= 4 is 11.9 Å².